The van der Waals surface area contributed by atoms with Crippen LogP contribution in [0.5, 0.6) is 5.75 Å². The van der Waals surface area contributed by atoms with Gasteiger partial charge in [0, 0.05) is 17.5 Å². The number of aliphatic carboxylic acids is 1. The Balaban J connectivity index is 1.44. The van der Waals surface area contributed by atoms with Crippen molar-refractivity contribution < 1.29 is 19.0 Å². The van der Waals surface area contributed by atoms with Gasteiger partial charge in [-0.3, -0.25) is 4.79 Å². The minimum Gasteiger partial charge on any atom is -0.492 e. The fourth-order valence-corrected chi connectivity index (χ4v) is 4.13. The Hall–Kier alpha value is -2.66. The molecular formula is C23H24FNO3. The van der Waals surface area contributed by atoms with Gasteiger partial charge in [0.05, 0.1) is 13.0 Å². The first-order valence-corrected chi connectivity index (χ1v) is 9.69. The average molecular weight is 381 g/mol. The first-order valence-electron chi connectivity index (χ1n) is 9.69. The largest absolute Gasteiger partial charge is 0.492 e. The van der Waals surface area contributed by atoms with Crippen molar-refractivity contribution in [2.24, 2.45) is 0 Å². The monoisotopic (exact) mass is 381 g/mol. The molecule has 2 aromatic rings. The molecule has 4 nitrogen and oxygen atoms in total. The van der Waals surface area contributed by atoms with Gasteiger partial charge in [-0.1, -0.05) is 36.4 Å². The van der Waals surface area contributed by atoms with Gasteiger partial charge in [0.25, 0.3) is 0 Å². The smallest absolute Gasteiger partial charge is 0.304 e. The standard InChI is InChI=1S/C23H24FNO3/c24-19-6-3-17(4-7-19)1-2-18-5-8-20-21(15-18)28-16-23(20)10-13-25(14-11-23)12-9-22(26)27/h1-8,15H,9-14,16H2,(H,26,27)/b2-1+. The van der Waals surface area contributed by atoms with E-state index in [1.807, 2.05) is 12.2 Å². The third-order valence-electron chi connectivity index (χ3n) is 5.87. The van der Waals surface area contributed by atoms with Gasteiger partial charge < -0.3 is 14.7 Å². The number of hydrogen-bond donors (Lipinski definition) is 1. The van der Waals surface area contributed by atoms with Crippen LogP contribution < -0.4 is 4.74 Å². The van der Waals surface area contributed by atoms with Crippen LogP contribution in [0.15, 0.2) is 42.5 Å². The van der Waals surface area contributed by atoms with Crippen LogP contribution in [0.25, 0.3) is 12.2 Å². The minimum atomic E-state index is -0.740. The molecule has 2 aromatic carbocycles. The Bertz CT molecular complexity index is 883. The van der Waals surface area contributed by atoms with Gasteiger partial charge in [0.2, 0.25) is 0 Å². The molecule has 1 spiro atoms. The molecule has 0 aliphatic carbocycles. The lowest BCUT2D eigenvalue weighted by atomic mass is 9.74. The van der Waals surface area contributed by atoms with E-state index < -0.39 is 5.97 Å². The van der Waals surface area contributed by atoms with Crippen LogP contribution in [-0.4, -0.2) is 42.2 Å². The van der Waals surface area contributed by atoms with E-state index in [4.69, 9.17) is 9.84 Å². The van der Waals surface area contributed by atoms with Gasteiger partial charge in [-0.15, -0.1) is 0 Å². The summed E-state index contributed by atoms with van der Waals surface area (Å²) in [5, 5.41) is 8.87. The summed E-state index contributed by atoms with van der Waals surface area (Å²) in [4.78, 5) is 13.0. The van der Waals surface area contributed by atoms with Crippen LogP contribution in [0.3, 0.4) is 0 Å². The second-order valence-electron chi connectivity index (χ2n) is 7.69. The maximum atomic E-state index is 13.0. The van der Waals surface area contributed by atoms with Crippen LogP contribution in [-0.2, 0) is 10.2 Å². The van der Waals surface area contributed by atoms with Crippen molar-refractivity contribution in [3.63, 3.8) is 0 Å². The number of hydrogen-bond acceptors (Lipinski definition) is 3. The van der Waals surface area contributed by atoms with Crippen molar-refractivity contribution in [3.8, 4) is 5.75 Å². The lowest BCUT2D eigenvalue weighted by molar-refractivity contribution is -0.137. The van der Waals surface area contributed by atoms with Crippen LogP contribution in [0.2, 0.25) is 0 Å². The Kier molecular flexibility index (Phi) is 5.18. The molecule has 0 bridgehead atoms. The van der Waals surface area contributed by atoms with E-state index in [2.05, 4.69) is 23.1 Å². The van der Waals surface area contributed by atoms with Gasteiger partial charge in [-0.05, 0) is 55.3 Å². The van der Waals surface area contributed by atoms with Crippen molar-refractivity contribution in [2.45, 2.75) is 24.7 Å². The molecule has 2 heterocycles. The zero-order chi connectivity index (χ0) is 19.6. The fourth-order valence-electron chi connectivity index (χ4n) is 4.13. The number of carboxylic acid groups (broad SMARTS) is 1. The highest BCUT2D eigenvalue weighted by atomic mass is 19.1. The molecule has 0 unspecified atom stereocenters. The molecule has 2 aliphatic rings. The van der Waals surface area contributed by atoms with Crippen LogP contribution >= 0.6 is 0 Å². The first-order chi connectivity index (χ1) is 13.5. The summed E-state index contributed by atoms with van der Waals surface area (Å²) in [7, 11) is 0. The predicted octanol–water partition coefficient (Wildman–Crippen LogP) is 4.20. The maximum absolute atomic E-state index is 13.0. The molecule has 146 valence electrons. The number of piperidine rings is 1. The Morgan fingerprint density at radius 3 is 2.50 bits per heavy atom. The van der Waals surface area contributed by atoms with Crippen LogP contribution in [0.4, 0.5) is 4.39 Å². The Morgan fingerprint density at radius 1 is 1.11 bits per heavy atom. The summed E-state index contributed by atoms with van der Waals surface area (Å²) in [5.41, 5.74) is 3.32. The van der Waals surface area contributed by atoms with E-state index in [-0.39, 0.29) is 17.7 Å². The van der Waals surface area contributed by atoms with E-state index in [1.165, 1.54) is 17.7 Å². The normalized spacial score (nSPS) is 18.3. The first kappa shape index (κ1) is 18.7. The molecular weight excluding hydrogens is 357 g/mol. The number of ether oxygens (including phenoxy) is 1. The van der Waals surface area contributed by atoms with Gasteiger partial charge in [-0.25, -0.2) is 4.39 Å². The number of rotatable bonds is 5. The molecule has 5 heteroatoms. The highest BCUT2D eigenvalue weighted by Gasteiger charge is 2.42. The second kappa shape index (κ2) is 7.76. The SMILES string of the molecule is O=C(O)CCN1CCC2(CC1)COc1cc(/C=C/c3ccc(F)cc3)ccc12. The van der Waals surface area contributed by atoms with E-state index >= 15 is 0 Å². The summed E-state index contributed by atoms with van der Waals surface area (Å²) in [6.07, 6.45) is 6.15. The zero-order valence-corrected chi connectivity index (χ0v) is 15.7. The highest BCUT2D eigenvalue weighted by Crippen LogP contribution is 2.45. The Morgan fingerprint density at radius 2 is 1.79 bits per heavy atom. The molecule has 1 saturated heterocycles. The molecule has 0 radical (unpaired) electrons. The molecule has 0 saturated carbocycles. The third kappa shape index (κ3) is 3.94. The van der Waals surface area contributed by atoms with Crippen LogP contribution in [0, 0.1) is 5.82 Å². The van der Waals surface area contributed by atoms with Gasteiger partial charge in [0.15, 0.2) is 0 Å². The van der Waals surface area contributed by atoms with E-state index in [1.54, 1.807) is 12.1 Å². The zero-order valence-electron chi connectivity index (χ0n) is 15.7. The lowest BCUT2D eigenvalue weighted by Gasteiger charge is -2.38. The van der Waals surface area contributed by atoms with Gasteiger partial charge in [0.1, 0.15) is 11.6 Å². The molecule has 4 rings (SSSR count). The minimum absolute atomic E-state index is 0.0499. The summed E-state index contributed by atoms with van der Waals surface area (Å²) >= 11 is 0. The fraction of sp³-hybridized carbons (Fsp3) is 0.348. The predicted molar refractivity (Wildman–Crippen MR) is 107 cm³/mol. The van der Waals surface area contributed by atoms with Crippen LogP contribution in [0.1, 0.15) is 36.0 Å². The number of fused-ring (bicyclic) bond motifs is 2. The number of halogens is 1. The summed E-state index contributed by atoms with van der Waals surface area (Å²) in [5.74, 6) is -0.0290. The van der Waals surface area contributed by atoms with Crippen molar-refractivity contribution in [1.29, 1.82) is 0 Å². The molecule has 28 heavy (non-hydrogen) atoms. The quantitative estimate of drug-likeness (QED) is 0.789. The summed E-state index contributed by atoms with van der Waals surface area (Å²) < 4.78 is 19.0. The van der Waals surface area contributed by atoms with E-state index in [0.717, 1.165) is 42.8 Å². The summed E-state index contributed by atoms with van der Waals surface area (Å²) in [6, 6.07) is 12.8. The second-order valence-corrected chi connectivity index (χ2v) is 7.69. The Labute approximate surface area is 164 Å². The maximum Gasteiger partial charge on any atom is 0.304 e. The molecule has 0 atom stereocenters. The number of likely N-dealkylation sites (tertiary alicyclic amines) is 1. The van der Waals surface area contributed by atoms with Gasteiger partial charge >= 0.3 is 5.97 Å². The average Bonchev–Trinajstić information content (AvgIpc) is 3.05. The molecule has 0 amide bonds. The van der Waals surface area contributed by atoms with Crippen molar-refractivity contribution in [2.75, 3.05) is 26.2 Å². The van der Waals surface area contributed by atoms with Crippen molar-refractivity contribution in [3.05, 3.63) is 65.0 Å². The third-order valence-corrected chi connectivity index (χ3v) is 5.87. The number of benzene rings is 2. The molecule has 1 N–H and O–H groups in total. The number of nitrogens with zero attached hydrogens (tertiary/aromatic N) is 1. The number of carboxylic acids is 1. The van der Waals surface area contributed by atoms with Crippen molar-refractivity contribution in [1.82, 2.24) is 4.90 Å². The lowest BCUT2D eigenvalue weighted by Crippen LogP contribution is -2.44. The van der Waals surface area contributed by atoms with E-state index in [9.17, 15) is 9.18 Å². The van der Waals surface area contributed by atoms with Gasteiger partial charge in [-0.2, -0.15) is 0 Å². The summed E-state index contributed by atoms with van der Waals surface area (Å²) in [6.45, 7) is 3.12. The number of carbonyl (C=O) groups is 1. The topological polar surface area (TPSA) is 49.8 Å². The highest BCUT2D eigenvalue weighted by molar-refractivity contribution is 5.71. The van der Waals surface area contributed by atoms with E-state index in [0.29, 0.717) is 13.2 Å². The molecule has 2 aliphatic heterocycles. The van der Waals surface area contributed by atoms with Crippen molar-refractivity contribution >= 4 is 18.1 Å². The molecule has 1 fully saturated rings. The molecule has 0 aromatic heterocycles.